The third kappa shape index (κ3) is 2.54. The molecule has 1 saturated heterocycles. The van der Waals surface area contributed by atoms with Crippen molar-refractivity contribution in [2.45, 2.75) is 38.6 Å². The van der Waals surface area contributed by atoms with Gasteiger partial charge in [-0.15, -0.1) is 0 Å². The number of hydrogen-bond acceptors (Lipinski definition) is 5. The van der Waals surface area contributed by atoms with Gasteiger partial charge >= 0.3 is 0 Å². The molecule has 1 fully saturated rings. The quantitative estimate of drug-likeness (QED) is 0.645. The number of aldehydes is 1. The van der Waals surface area contributed by atoms with Crippen molar-refractivity contribution >= 4 is 23.4 Å². The van der Waals surface area contributed by atoms with Crippen molar-refractivity contribution in [2.24, 2.45) is 5.41 Å². The number of hydrogen-bond donors (Lipinski definition) is 1. The number of nitrogens with one attached hydrogen (secondary N) is 1. The van der Waals surface area contributed by atoms with E-state index in [2.05, 4.69) is 15.1 Å². The number of carbonyl (C=O) groups is 2. The average Bonchev–Trinajstić information content (AvgIpc) is 3.30. The van der Waals surface area contributed by atoms with Crippen LogP contribution in [-0.2, 0) is 10.3 Å². The Balaban J connectivity index is 2.24. The lowest BCUT2D eigenvalue weighted by molar-refractivity contribution is -0.123. The summed E-state index contributed by atoms with van der Waals surface area (Å²) >= 11 is 1.49. The number of likely N-dealkylation sites (tertiary alicyclic amines) is 1. The lowest BCUT2D eigenvalue weighted by Crippen LogP contribution is -2.62. The Morgan fingerprint density at radius 3 is 2.58 bits per heavy atom. The molecule has 3 rings (SSSR count). The van der Waals surface area contributed by atoms with Crippen LogP contribution in [-0.4, -0.2) is 40.3 Å². The molecule has 2 aromatic heterocycles. The van der Waals surface area contributed by atoms with Crippen molar-refractivity contribution < 1.29 is 9.59 Å². The van der Waals surface area contributed by atoms with Gasteiger partial charge in [-0.1, -0.05) is 20.3 Å². The molecule has 5 nitrogen and oxygen atoms in total. The third-order valence-electron chi connectivity index (χ3n) is 5.06. The number of ketones is 1. The minimum absolute atomic E-state index is 0.0352. The maximum Gasteiger partial charge on any atom is 0.191 e. The minimum Gasteiger partial charge on any atom is -0.303 e. The van der Waals surface area contributed by atoms with Gasteiger partial charge in [0.05, 0.1) is 11.1 Å². The molecule has 6 heteroatoms. The largest absolute Gasteiger partial charge is 0.303 e. The smallest absolute Gasteiger partial charge is 0.191 e. The number of aromatic nitrogens is 2. The first-order valence-corrected chi connectivity index (χ1v) is 9.26. The van der Waals surface area contributed by atoms with Crippen molar-refractivity contribution in [3.05, 3.63) is 40.3 Å². The first kappa shape index (κ1) is 17.0. The van der Waals surface area contributed by atoms with Crippen LogP contribution in [0.4, 0.5) is 0 Å². The van der Waals surface area contributed by atoms with Crippen LogP contribution in [0.5, 0.6) is 0 Å². The van der Waals surface area contributed by atoms with Gasteiger partial charge in [-0.25, -0.2) is 0 Å². The Bertz CT molecular complexity index is 688. The van der Waals surface area contributed by atoms with E-state index in [1.54, 1.807) is 6.20 Å². The van der Waals surface area contributed by atoms with Crippen LogP contribution in [0.3, 0.4) is 0 Å². The van der Waals surface area contributed by atoms with E-state index in [4.69, 9.17) is 0 Å². The van der Waals surface area contributed by atoms with Crippen LogP contribution in [0.25, 0.3) is 0 Å². The first-order valence-electron chi connectivity index (χ1n) is 8.32. The molecule has 0 radical (unpaired) electrons. The monoisotopic (exact) mass is 345 g/mol. The highest BCUT2D eigenvalue weighted by Gasteiger charge is 2.57. The number of rotatable bonds is 6. The second kappa shape index (κ2) is 6.61. The fourth-order valence-corrected chi connectivity index (χ4v) is 4.49. The van der Waals surface area contributed by atoms with Crippen LogP contribution in [0.2, 0.25) is 0 Å². The van der Waals surface area contributed by atoms with Gasteiger partial charge < -0.3 is 4.79 Å². The highest BCUT2D eigenvalue weighted by Crippen LogP contribution is 2.46. The molecular formula is C18H23N3O2S. The number of piperidine rings is 1. The summed E-state index contributed by atoms with van der Waals surface area (Å²) in [6, 6.07) is 3.66. The second-order valence-electron chi connectivity index (χ2n) is 6.91. The summed E-state index contributed by atoms with van der Waals surface area (Å²) in [5, 5.41) is 10.8. The number of nitrogens with zero attached hydrogens (tertiary/aromatic N) is 2. The van der Waals surface area contributed by atoms with E-state index >= 15 is 0 Å². The van der Waals surface area contributed by atoms with Crippen LogP contribution >= 0.6 is 11.3 Å². The first-order chi connectivity index (χ1) is 11.5. The lowest BCUT2D eigenvalue weighted by Gasteiger charge is -2.50. The van der Waals surface area contributed by atoms with Crippen molar-refractivity contribution in [2.75, 3.05) is 13.1 Å². The molecular weight excluding hydrogens is 322 g/mol. The van der Waals surface area contributed by atoms with Gasteiger partial charge in [-0.05, 0) is 43.4 Å². The lowest BCUT2D eigenvalue weighted by atomic mass is 9.65. The summed E-state index contributed by atoms with van der Waals surface area (Å²) < 4.78 is 0. The van der Waals surface area contributed by atoms with Crippen LogP contribution in [0, 0.1) is 5.41 Å². The summed E-state index contributed by atoms with van der Waals surface area (Å²) in [5.41, 5.74) is -0.615. The van der Waals surface area contributed by atoms with Gasteiger partial charge in [-0.3, -0.25) is 14.8 Å². The zero-order chi connectivity index (χ0) is 17.2. The summed E-state index contributed by atoms with van der Waals surface area (Å²) in [7, 11) is 0. The molecule has 1 N–H and O–H groups in total. The molecule has 1 aliphatic rings. The predicted octanol–water partition coefficient (Wildman–Crippen LogP) is 3.26. The molecule has 1 aliphatic heterocycles. The van der Waals surface area contributed by atoms with Crippen molar-refractivity contribution in [3.8, 4) is 0 Å². The summed E-state index contributed by atoms with van der Waals surface area (Å²) in [6.45, 7) is 5.29. The molecule has 128 valence electrons. The molecule has 2 aromatic rings. The Kier molecular flexibility index (Phi) is 4.69. The van der Waals surface area contributed by atoms with E-state index in [1.807, 2.05) is 36.7 Å². The molecule has 3 heterocycles. The molecule has 0 aromatic carbocycles. The average molecular weight is 345 g/mol. The summed E-state index contributed by atoms with van der Waals surface area (Å²) in [4.78, 5) is 27.9. The highest BCUT2D eigenvalue weighted by atomic mass is 32.1. The van der Waals surface area contributed by atoms with Gasteiger partial charge in [0, 0.05) is 17.1 Å². The normalized spacial score (nSPS) is 18.9. The Hall–Kier alpha value is -1.79. The molecule has 0 spiro atoms. The highest BCUT2D eigenvalue weighted by molar-refractivity contribution is 7.08. The van der Waals surface area contributed by atoms with E-state index in [0.29, 0.717) is 11.3 Å². The minimum atomic E-state index is -1.06. The van der Waals surface area contributed by atoms with Crippen molar-refractivity contribution in [1.82, 2.24) is 15.1 Å². The number of Topliss-reactive ketones (excluding diaryl/α,β-unsaturated/α-hetero) is 1. The van der Waals surface area contributed by atoms with Crippen LogP contribution < -0.4 is 0 Å². The number of H-pyrrole nitrogens is 1. The predicted molar refractivity (Wildman–Crippen MR) is 94.2 cm³/mol. The zero-order valence-corrected chi connectivity index (χ0v) is 14.9. The van der Waals surface area contributed by atoms with Gasteiger partial charge in [0.25, 0.3) is 0 Å². The topological polar surface area (TPSA) is 66.1 Å². The van der Waals surface area contributed by atoms with Gasteiger partial charge in [0.15, 0.2) is 5.78 Å². The SMILES string of the molecule is CC(C)(C=O)C(C(=O)c1ccsc1)(c1ccn[nH]1)N1CCCCC1. The second-order valence-corrected chi connectivity index (χ2v) is 7.69. The third-order valence-corrected chi connectivity index (χ3v) is 5.74. The molecule has 0 bridgehead atoms. The number of thiophene rings is 1. The Labute approximate surface area is 146 Å². The maximum absolute atomic E-state index is 13.7. The van der Waals surface area contributed by atoms with Crippen molar-refractivity contribution in [1.29, 1.82) is 0 Å². The van der Waals surface area contributed by atoms with Crippen molar-refractivity contribution in [3.63, 3.8) is 0 Å². The summed E-state index contributed by atoms with van der Waals surface area (Å²) in [6.07, 6.45) is 5.77. The molecule has 0 saturated carbocycles. The molecule has 0 amide bonds. The van der Waals surface area contributed by atoms with Crippen LogP contribution in [0.1, 0.15) is 49.2 Å². The number of aromatic amines is 1. The van der Waals surface area contributed by atoms with E-state index < -0.39 is 11.0 Å². The van der Waals surface area contributed by atoms with E-state index in [0.717, 1.165) is 38.6 Å². The Morgan fingerprint density at radius 2 is 2.04 bits per heavy atom. The molecule has 1 atom stereocenters. The summed E-state index contributed by atoms with van der Waals surface area (Å²) in [5.74, 6) is -0.0352. The maximum atomic E-state index is 13.7. The molecule has 1 unspecified atom stereocenters. The van der Waals surface area contributed by atoms with Gasteiger partial charge in [-0.2, -0.15) is 16.4 Å². The van der Waals surface area contributed by atoms with E-state index in [9.17, 15) is 9.59 Å². The van der Waals surface area contributed by atoms with E-state index in [-0.39, 0.29) is 5.78 Å². The fraction of sp³-hybridized carbons (Fsp3) is 0.500. The standard InChI is InChI=1S/C18H23N3O2S/c1-17(2,13-22)18(15-6-8-19-20-15,21-9-4-3-5-10-21)16(23)14-7-11-24-12-14/h6-8,11-13H,3-5,9-10H2,1-2H3,(H,19,20). The zero-order valence-electron chi connectivity index (χ0n) is 14.1. The fourth-order valence-electron chi connectivity index (χ4n) is 3.86. The molecule has 0 aliphatic carbocycles. The van der Waals surface area contributed by atoms with Crippen LogP contribution in [0.15, 0.2) is 29.1 Å². The van der Waals surface area contributed by atoms with E-state index in [1.165, 1.54) is 11.3 Å². The Morgan fingerprint density at radius 1 is 1.29 bits per heavy atom. The van der Waals surface area contributed by atoms with Gasteiger partial charge in [0.1, 0.15) is 11.8 Å². The number of carbonyl (C=O) groups excluding carboxylic acids is 2. The van der Waals surface area contributed by atoms with Gasteiger partial charge in [0.2, 0.25) is 0 Å². The molecule has 24 heavy (non-hydrogen) atoms.